The molecule has 4 nitrogen and oxygen atoms in total. The summed E-state index contributed by atoms with van der Waals surface area (Å²) in [6.07, 6.45) is 17.8. The molecule has 5 heteroatoms. The molecule has 1 N–H and O–H groups in total. The number of nitriles is 1. The van der Waals surface area contributed by atoms with Crippen molar-refractivity contribution in [3.8, 4) is 5.81 Å². The molecule has 0 amide bonds. The predicted octanol–water partition coefficient (Wildman–Crippen LogP) is 6.15. The Bertz CT molecular complexity index is 328. The van der Waals surface area contributed by atoms with Crippen LogP contribution in [0.4, 0.5) is 0 Å². The minimum atomic E-state index is -3.95. The molecule has 1 atom stereocenters. The summed E-state index contributed by atoms with van der Waals surface area (Å²) in [7, 11) is -3.95. The van der Waals surface area contributed by atoms with Gasteiger partial charge in [0.05, 0.1) is 6.61 Å². The van der Waals surface area contributed by atoms with Crippen LogP contribution in [0.3, 0.4) is 0 Å². The lowest BCUT2D eigenvalue weighted by atomic mass is 10.0. The monoisotopic (exact) mass is 331 g/mol. The molecule has 0 saturated heterocycles. The first kappa shape index (κ1) is 21.6. The van der Waals surface area contributed by atoms with Gasteiger partial charge in [0, 0.05) is 0 Å². The fourth-order valence-corrected chi connectivity index (χ4v) is 2.95. The first-order valence-electron chi connectivity index (χ1n) is 9.01. The predicted molar refractivity (Wildman–Crippen MR) is 91.7 cm³/mol. The summed E-state index contributed by atoms with van der Waals surface area (Å²) in [5, 5.41) is 8.32. The Morgan fingerprint density at radius 1 is 0.818 bits per heavy atom. The van der Waals surface area contributed by atoms with Crippen LogP contribution in [0.1, 0.15) is 96.8 Å². The quantitative estimate of drug-likeness (QED) is 0.272. The van der Waals surface area contributed by atoms with Gasteiger partial charge in [-0.15, -0.1) is 0 Å². The first-order chi connectivity index (χ1) is 10.6. The third kappa shape index (κ3) is 16.0. The fourth-order valence-electron chi connectivity index (χ4n) is 2.51. The van der Waals surface area contributed by atoms with Crippen molar-refractivity contribution in [2.45, 2.75) is 96.8 Å². The smallest absolute Gasteiger partial charge is 0.314 e. The van der Waals surface area contributed by atoms with Gasteiger partial charge >= 0.3 is 7.60 Å². The van der Waals surface area contributed by atoms with Gasteiger partial charge in [-0.1, -0.05) is 90.4 Å². The van der Waals surface area contributed by atoms with Crippen molar-refractivity contribution in [3.63, 3.8) is 0 Å². The molecular formula is C17H34NO3P. The van der Waals surface area contributed by atoms with Crippen LogP contribution in [0.25, 0.3) is 0 Å². The van der Waals surface area contributed by atoms with E-state index in [4.69, 9.17) is 10.2 Å². The van der Waals surface area contributed by atoms with Gasteiger partial charge in [0.2, 0.25) is 0 Å². The van der Waals surface area contributed by atoms with Gasteiger partial charge < -0.3 is 4.89 Å². The number of nitrogens with zero attached hydrogens (tertiary/aromatic N) is 1. The van der Waals surface area contributed by atoms with E-state index in [2.05, 4.69) is 11.4 Å². The van der Waals surface area contributed by atoms with E-state index in [0.29, 0.717) is 0 Å². The molecule has 0 aliphatic carbocycles. The number of hydrogen-bond donors (Lipinski definition) is 1. The van der Waals surface area contributed by atoms with Gasteiger partial charge in [-0.05, 0) is 6.42 Å². The van der Waals surface area contributed by atoms with E-state index in [9.17, 15) is 4.57 Å². The van der Waals surface area contributed by atoms with E-state index in [0.717, 1.165) is 19.3 Å². The molecule has 130 valence electrons. The Balaban J connectivity index is 3.09. The molecule has 0 aliphatic heterocycles. The van der Waals surface area contributed by atoms with E-state index in [1.807, 2.05) is 0 Å². The molecule has 0 aromatic heterocycles. The van der Waals surface area contributed by atoms with Gasteiger partial charge in [0.15, 0.2) is 5.81 Å². The van der Waals surface area contributed by atoms with E-state index < -0.39 is 7.60 Å². The van der Waals surface area contributed by atoms with E-state index in [1.165, 1.54) is 76.4 Å². The van der Waals surface area contributed by atoms with E-state index >= 15 is 0 Å². The van der Waals surface area contributed by atoms with Crippen molar-refractivity contribution in [1.82, 2.24) is 0 Å². The minimum Gasteiger partial charge on any atom is -0.314 e. The molecule has 0 aromatic carbocycles. The third-order valence-electron chi connectivity index (χ3n) is 3.89. The van der Waals surface area contributed by atoms with Crippen LogP contribution in [0.5, 0.6) is 0 Å². The van der Waals surface area contributed by atoms with Crippen LogP contribution < -0.4 is 0 Å². The van der Waals surface area contributed by atoms with Crippen molar-refractivity contribution in [1.29, 1.82) is 5.26 Å². The van der Waals surface area contributed by atoms with Crippen molar-refractivity contribution < 1.29 is 14.0 Å². The first-order valence-corrected chi connectivity index (χ1v) is 10.6. The Morgan fingerprint density at radius 3 is 1.55 bits per heavy atom. The molecule has 0 aliphatic rings. The van der Waals surface area contributed by atoms with Gasteiger partial charge in [0.25, 0.3) is 0 Å². The molecule has 0 fully saturated rings. The largest absolute Gasteiger partial charge is 0.428 e. The lowest BCUT2D eigenvalue weighted by Gasteiger charge is -2.05. The second-order valence-electron chi connectivity index (χ2n) is 6.05. The third-order valence-corrected chi connectivity index (χ3v) is 4.68. The summed E-state index contributed by atoms with van der Waals surface area (Å²) in [5.74, 6) is 1.28. The van der Waals surface area contributed by atoms with Crippen molar-refractivity contribution >= 4 is 7.60 Å². The van der Waals surface area contributed by atoms with E-state index in [-0.39, 0.29) is 6.61 Å². The second-order valence-corrected chi connectivity index (χ2v) is 7.55. The highest BCUT2D eigenvalue weighted by atomic mass is 31.2. The Kier molecular flexibility index (Phi) is 15.3. The topological polar surface area (TPSA) is 70.3 Å². The maximum Gasteiger partial charge on any atom is 0.428 e. The molecule has 22 heavy (non-hydrogen) atoms. The average molecular weight is 331 g/mol. The van der Waals surface area contributed by atoms with Gasteiger partial charge in [-0.25, -0.2) is 4.57 Å². The Hall–Kier alpha value is -0.360. The molecule has 0 spiro atoms. The number of rotatable bonds is 16. The van der Waals surface area contributed by atoms with E-state index in [1.54, 1.807) is 0 Å². The van der Waals surface area contributed by atoms with Crippen LogP contribution in [0.2, 0.25) is 0 Å². The molecule has 1 unspecified atom stereocenters. The zero-order valence-corrected chi connectivity index (χ0v) is 15.2. The van der Waals surface area contributed by atoms with Crippen molar-refractivity contribution in [2.24, 2.45) is 0 Å². The molecule has 0 heterocycles. The SMILES string of the molecule is CCCCCCCCCCCCCCCCOP(=O)(O)C#N. The highest BCUT2D eigenvalue weighted by molar-refractivity contribution is 7.58. The molecule has 0 radical (unpaired) electrons. The lowest BCUT2D eigenvalue weighted by Crippen LogP contribution is -1.91. The maximum atomic E-state index is 10.9. The highest BCUT2D eigenvalue weighted by Gasteiger charge is 2.16. The Morgan fingerprint density at radius 2 is 1.18 bits per heavy atom. The van der Waals surface area contributed by atoms with Gasteiger partial charge in [-0.2, -0.15) is 5.26 Å². The summed E-state index contributed by atoms with van der Waals surface area (Å²) in [6, 6.07) is 0. The molecular weight excluding hydrogens is 297 g/mol. The van der Waals surface area contributed by atoms with Crippen LogP contribution in [-0.4, -0.2) is 11.5 Å². The zero-order chi connectivity index (χ0) is 16.5. The molecule has 0 aromatic rings. The maximum absolute atomic E-state index is 10.9. The van der Waals surface area contributed by atoms with Crippen LogP contribution >= 0.6 is 7.60 Å². The Labute approximate surface area is 136 Å². The summed E-state index contributed by atoms with van der Waals surface area (Å²) < 4.78 is 15.5. The lowest BCUT2D eigenvalue weighted by molar-refractivity contribution is 0.262. The number of hydrogen-bond acceptors (Lipinski definition) is 3. The summed E-state index contributed by atoms with van der Waals surface area (Å²) in [6.45, 7) is 2.46. The summed E-state index contributed by atoms with van der Waals surface area (Å²) in [4.78, 5) is 8.90. The van der Waals surface area contributed by atoms with Gasteiger partial charge in [-0.3, -0.25) is 4.52 Å². The molecule has 0 rings (SSSR count). The fraction of sp³-hybridized carbons (Fsp3) is 0.941. The van der Waals surface area contributed by atoms with Crippen LogP contribution in [-0.2, 0) is 9.09 Å². The highest BCUT2D eigenvalue weighted by Crippen LogP contribution is 2.39. The van der Waals surface area contributed by atoms with Crippen molar-refractivity contribution in [2.75, 3.05) is 6.61 Å². The molecule has 0 saturated carbocycles. The number of unbranched alkanes of at least 4 members (excludes halogenated alkanes) is 13. The summed E-state index contributed by atoms with van der Waals surface area (Å²) in [5.41, 5.74) is 0. The zero-order valence-electron chi connectivity index (χ0n) is 14.3. The standard InChI is InChI=1S/C17H34NO3P/c1-2-3-4-5-6-7-8-9-10-11-12-13-14-15-16-21-22(19,20)17-18/h2-16H2,1H3,(H,19,20). The minimum absolute atomic E-state index is 0.208. The molecule has 0 bridgehead atoms. The van der Waals surface area contributed by atoms with Crippen LogP contribution in [0.15, 0.2) is 0 Å². The second kappa shape index (κ2) is 15.5. The summed E-state index contributed by atoms with van der Waals surface area (Å²) >= 11 is 0. The van der Waals surface area contributed by atoms with Crippen molar-refractivity contribution in [3.05, 3.63) is 0 Å². The average Bonchev–Trinajstić information content (AvgIpc) is 2.51. The van der Waals surface area contributed by atoms with Gasteiger partial charge in [0.1, 0.15) is 0 Å². The normalized spacial score (nSPS) is 13.7. The van der Waals surface area contributed by atoms with Crippen LogP contribution in [0, 0.1) is 11.1 Å².